The van der Waals surface area contributed by atoms with Gasteiger partial charge in [-0.2, -0.15) is 0 Å². The Hall–Kier alpha value is -1.01. The van der Waals surface area contributed by atoms with E-state index in [1.807, 2.05) is 4.72 Å². The molecular formula is C8H9F2NO2S. The first kappa shape index (κ1) is 11.1. The van der Waals surface area contributed by atoms with Gasteiger partial charge in [0.2, 0.25) is 10.0 Å². The summed E-state index contributed by atoms with van der Waals surface area (Å²) in [5.41, 5.74) is 0.0835. The number of halogens is 2. The van der Waals surface area contributed by atoms with Crippen molar-refractivity contribution in [3.63, 3.8) is 0 Å². The van der Waals surface area contributed by atoms with Crippen molar-refractivity contribution in [1.29, 1.82) is 0 Å². The summed E-state index contributed by atoms with van der Waals surface area (Å²) in [5, 5.41) is 0. The predicted molar refractivity (Wildman–Crippen MR) is 47.3 cm³/mol. The molecule has 0 aromatic heterocycles. The third-order valence-corrected chi connectivity index (χ3v) is 3.20. The van der Waals surface area contributed by atoms with Crippen LogP contribution in [0.15, 0.2) is 17.0 Å². The van der Waals surface area contributed by atoms with Crippen LogP contribution in [0.5, 0.6) is 0 Å². The Balaban J connectivity index is 3.45. The van der Waals surface area contributed by atoms with Gasteiger partial charge in [0.05, 0.1) is 0 Å². The monoisotopic (exact) mass is 221 g/mol. The Bertz CT molecular complexity index is 457. The van der Waals surface area contributed by atoms with Crippen molar-refractivity contribution in [2.24, 2.45) is 0 Å². The van der Waals surface area contributed by atoms with E-state index in [0.29, 0.717) is 6.07 Å². The summed E-state index contributed by atoms with van der Waals surface area (Å²) < 4.78 is 50.2. The first-order chi connectivity index (χ1) is 6.38. The van der Waals surface area contributed by atoms with Crippen LogP contribution in [-0.2, 0) is 10.0 Å². The fourth-order valence-electron chi connectivity index (χ4n) is 0.947. The number of aryl methyl sites for hydroxylation is 1. The van der Waals surface area contributed by atoms with Crippen LogP contribution in [0.4, 0.5) is 8.78 Å². The van der Waals surface area contributed by atoms with Crippen LogP contribution in [0.2, 0.25) is 0 Å². The summed E-state index contributed by atoms with van der Waals surface area (Å²) in [6.07, 6.45) is 0. The van der Waals surface area contributed by atoms with Gasteiger partial charge in [-0.25, -0.2) is 21.9 Å². The second kappa shape index (κ2) is 3.62. The minimum Gasteiger partial charge on any atom is -0.214 e. The summed E-state index contributed by atoms with van der Waals surface area (Å²) >= 11 is 0. The van der Waals surface area contributed by atoms with Crippen molar-refractivity contribution in [3.8, 4) is 0 Å². The number of sulfonamides is 1. The molecule has 6 heteroatoms. The van der Waals surface area contributed by atoms with Gasteiger partial charge >= 0.3 is 0 Å². The molecular weight excluding hydrogens is 212 g/mol. The molecule has 0 saturated heterocycles. The van der Waals surface area contributed by atoms with Crippen LogP contribution in [0, 0.1) is 18.6 Å². The Morgan fingerprint density at radius 3 is 2.29 bits per heavy atom. The average molecular weight is 221 g/mol. The normalized spacial score (nSPS) is 11.7. The lowest BCUT2D eigenvalue weighted by Crippen LogP contribution is -2.20. The highest BCUT2D eigenvalue weighted by molar-refractivity contribution is 7.89. The van der Waals surface area contributed by atoms with Gasteiger partial charge in [-0.05, 0) is 25.6 Å². The first-order valence-electron chi connectivity index (χ1n) is 3.77. The number of rotatable bonds is 2. The van der Waals surface area contributed by atoms with Crippen LogP contribution >= 0.6 is 0 Å². The van der Waals surface area contributed by atoms with Gasteiger partial charge < -0.3 is 0 Å². The largest absolute Gasteiger partial charge is 0.243 e. The van der Waals surface area contributed by atoms with Gasteiger partial charge in [0.15, 0.2) is 0 Å². The molecule has 78 valence electrons. The van der Waals surface area contributed by atoms with Crippen molar-refractivity contribution >= 4 is 10.0 Å². The van der Waals surface area contributed by atoms with Gasteiger partial charge in [0.25, 0.3) is 0 Å². The standard InChI is InChI=1S/C8H9F2NO2S/c1-5-3-8(14(12,13)11-2)7(10)4-6(5)9/h3-4,11H,1-2H3. The lowest BCUT2D eigenvalue weighted by molar-refractivity contribution is 0.542. The molecule has 0 atom stereocenters. The number of nitrogens with one attached hydrogen (secondary N) is 1. The van der Waals surface area contributed by atoms with E-state index in [2.05, 4.69) is 0 Å². The van der Waals surface area contributed by atoms with E-state index in [4.69, 9.17) is 0 Å². The lowest BCUT2D eigenvalue weighted by atomic mass is 10.2. The smallest absolute Gasteiger partial charge is 0.214 e. The molecule has 0 fully saturated rings. The van der Waals surface area contributed by atoms with E-state index in [-0.39, 0.29) is 5.56 Å². The maximum Gasteiger partial charge on any atom is 0.243 e. The molecule has 0 spiro atoms. The number of hydrogen-bond donors (Lipinski definition) is 1. The zero-order valence-corrected chi connectivity index (χ0v) is 8.45. The molecule has 0 aliphatic rings. The molecule has 1 rings (SSSR count). The van der Waals surface area contributed by atoms with E-state index in [0.717, 1.165) is 13.1 Å². The highest BCUT2D eigenvalue weighted by atomic mass is 32.2. The molecule has 1 N–H and O–H groups in total. The van der Waals surface area contributed by atoms with Crippen LogP contribution in [0.1, 0.15) is 5.56 Å². The van der Waals surface area contributed by atoms with Crippen molar-refractivity contribution in [2.75, 3.05) is 7.05 Å². The lowest BCUT2D eigenvalue weighted by Gasteiger charge is -2.05. The van der Waals surface area contributed by atoms with Gasteiger partial charge in [-0.1, -0.05) is 0 Å². The summed E-state index contributed by atoms with van der Waals surface area (Å²) in [5.74, 6) is -1.86. The second-order valence-electron chi connectivity index (χ2n) is 2.74. The highest BCUT2D eigenvalue weighted by Crippen LogP contribution is 2.18. The second-order valence-corrected chi connectivity index (χ2v) is 4.59. The van der Waals surface area contributed by atoms with E-state index >= 15 is 0 Å². The SMILES string of the molecule is CNS(=O)(=O)c1cc(C)c(F)cc1F. The summed E-state index contributed by atoms with van der Waals surface area (Å²) in [7, 11) is -2.70. The molecule has 0 bridgehead atoms. The zero-order valence-electron chi connectivity index (χ0n) is 7.64. The van der Waals surface area contributed by atoms with E-state index in [1.165, 1.54) is 6.92 Å². The fourth-order valence-corrected chi connectivity index (χ4v) is 1.81. The van der Waals surface area contributed by atoms with Crippen molar-refractivity contribution in [2.45, 2.75) is 11.8 Å². The summed E-state index contributed by atoms with van der Waals surface area (Å²) in [6.45, 7) is 1.36. The quantitative estimate of drug-likeness (QED) is 0.815. The molecule has 14 heavy (non-hydrogen) atoms. The maximum absolute atomic E-state index is 13.1. The third kappa shape index (κ3) is 1.91. The van der Waals surface area contributed by atoms with Gasteiger partial charge in [-0.15, -0.1) is 0 Å². The van der Waals surface area contributed by atoms with E-state index in [9.17, 15) is 17.2 Å². The summed E-state index contributed by atoms with van der Waals surface area (Å²) in [6, 6.07) is 1.51. The molecule has 0 heterocycles. The topological polar surface area (TPSA) is 46.2 Å². The first-order valence-corrected chi connectivity index (χ1v) is 5.26. The minimum absolute atomic E-state index is 0.0835. The number of benzene rings is 1. The van der Waals surface area contributed by atoms with Crippen molar-refractivity contribution < 1.29 is 17.2 Å². The Morgan fingerprint density at radius 2 is 1.79 bits per heavy atom. The van der Waals surface area contributed by atoms with Crippen LogP contribution < -0.4 is 4.72 Å². The summed E-state index contributed by atoms with van der Waals surface area (Å²) in [4.78, 5) is -0.543. The average Bonchev–Trinajstić information content (AvgIpc) is 2.11. The fraction of sp³-hybridized carbons (Fsp3) is 0.250. The van der Waals surface area contributed by atoms with Gasteiger partial charge in [0, 0.05) is 6.07 Å². The molecule has 3 nitrogen and oxygen atoms in total. The maximum atomic E-state index is 13.1. The minimum atomic E-state index is -3.86. The van der Waals surface area contributed by atoms with Gasteiger partial charge in [-0.3, -0.25) is 0 Å². The van der Waals surface area contributed by atoms with Crippen molar-refractivity contribution in [3.05, 3.63) is 29.3 Å². The van der Waals surface area contributed by atoms with E-state index in [1.54, 1.807) is 0 Å². The molecule has 0 amide bonds. The highest BCUT2D eigenvalue weighted by Gasteiger charge is 2.18. The van der Waals surface area contributed by atoms with E-state index < -0.39 is 26.6 Å². The molecule has 1 aromatic rings. The van der Waals surface area contributed by atoms with Crippen LogP contribution in [-0.4, -0.2) is 15.5 Å². The predicted octanol–water partition coefficient (Wildman–Crippen LogP) is 1.18. The molecule has 0 radical (unpaired) electrons. The number of hydrogen-bond acceptors (Lipinski definition) is 2. The molecule has 0 saturated carbocycles. The molecule has 1 aromatic carbocycles. The zero-order chi connectivity index (χ0) is 10.9. The third-order valence-electron chi connectivity index (χ3n) is 1.77. The Morgan fingerprint density at radius 1 is 1.21 bits per heavy atom. The molecule has 0 unspecified atom stereocenters. The Kier molecular flexibility index (Phi) is 2.86. The van der Waals surface area contributed by atoms with Crippen molar-refractivity contribution in [1.82, 2.24) is 4.72 Å². The van der Waals surface area contributed by atoms with Gasteiger partial charge in [0.1, 0.15) is 16.5 Å². The van der Waals surface area contributed by atoms with Crippen LogP contribution in [0.25, 0.3) is 0 Å². The van der Waals surface area contributed by atoms with Crippen LogP contribution in [0.3, 0.4) is 0 Å². The molecule has 0 aliphatic heterocycles. The Labute approximate surface area is 80.8 Å². The molecule has 0 aliphatic carbocycles.